The van der Waals surface area contributed by atoms with Gasteiger partial charge in [-0.25, -0.2) is 0 Å². The third-order valence-electron chi connectivity index (χ3n) is 4.93. The molecular weight excluding hydrogens is 317 g/mol. The van der Waals surface area contributed by atoms with Crippen molar-refractivity contribution >= 4 is 13.8 Å². The van der Waals surface area contributed by atoms with Gasteiger partial charge in [0.2, 0.25) is 0 Å². The number of unbranched alkanes of at least 4 members (excludes halogenated alkanes) is 1. The Morgan fingerprint density at radius 1 is 1.32 bits per heavy atom. The third kappa shape index (κ3) is 4.64. The van der Waals surface area contributed by atoms with E-state index in [0.717, 1.165) is 30.7 Å². The minimum atomic E-state index is 0.0191. The van der Waals surface area contributed by atoms with E-state index in [9.17, 15) is 4.79 Å². The van der Waals surface area contributed by atoms with Crippen LogP contribution in [-0.4, -0.2) is 51.1 Å². The summed E-state index contributed by atoms with van der Waals surface area (Å²) in [4.78, 5) is 14.8. The molecule has 0 bridgehead atoms. The summed E-state index contributed by atoms with van der Waals surface area (Å²) in [6, 6.07) is 4.04. The van der Waals surface area contributed by atoms with Crippen LogP contribution in [0.1, 0.15) is 42.9 Å². The molecular formula is C19H28BNO4. The molecule has 0 fully saturated rings. The van der Waals surface area contributed by atoms with E-state index in [1.807, 2.05) is 20.1 Å². The van der Waals surface area contributed by atoms with Crippen molar-refractivity contribution in [2.45, 2.75) is 38.1 Å². The normalized spacial score (nSPS) is 17.0. The molecule has 0 aliphatic carbocycles. The quantitative estimate of drug-likeness (QED) is 0.420. The number of Topliss-reactive ketones (excluding diaryl/α,β-unsaturated/α-hetero) is 1. The van der Waals surface area contributed by atoms with Crippen LogP contribution in [0.4, 0.5) is 0 Å². The van der Waals surface area contributed by atoms with Crippen molar-refractivity contribution in [2.75, 3.05) is 27.4 Å². The number of allylic oxidation sites excluding steroid dienone is 1. The number of ketones is 1. The van der Waals surface area contributed by atoms with Crippen LogP contribution < -0.4 is 9.47 Å². The van der Waals surface area contributed by atoms with E-state index in [2.05, 4.69) is 11.4 Å². The van der Waals surface area contributed by atoms with Crippen LogP contribution >= 0.6 is 0 Å². The second-order valence-electron chi connectivity index (χ2n) is 6.56. The first-order valence-corrected chi connectivity index (χ1v) is 8.78. The van der Waals surface area contributed by atoms with E-state index in [1.54, 1.807) is 14.2 Å². The molecule has 1 N–H and O–H groups in total. The number of aliphatic hydroxyl groups excluding tert-OH is 1. The molecule has 2 rings (SSSR count). The summed E-state index contributed by atoms with van der Waals surface area (Å²) in [5, 5.41) is 8.87. The predicted molar refractivity (Wildman–Crippen MR) is 101 cm³/mol. The number of rotatable bonds is 9. The van der Waals surface area contributed by atoms with Crippen molar-refractivity contribution in [3.8, 4) is 11.5 Å². The molecule has 0 saturated carbocycles. The van der Waals surface area contributed by atoms with Crippen molar-refractivity contribution in [2.24, 2.45) is 0 Å². The van der Waals surface area contributed by atoms with E-state index in [0.29, 0.717) is 30.6 Å². The fraction of sp³-hybridized carbons (Fsp3) is 0.526. The second kappa shape index (κ2) is 9.06. The van der Waals surface area contributed by atoms with Gasteiger partial charge in [0.15, 0.2) is 25.3 Å². The number of ether oxygens (including phenoxy) is 2. The summed E-state index contributed by atoms with van der Waals surface area (Å²) >= 11 is 0. The Balaban J connectivity index is 2.19. The van der Waals surface area contributed by atoms with Crippen molar-refractivity contribution in [1.29, 1.82) is 0 Å². The van der Waals surface area contributed by atoms with Crippen LogP contribution in [0.5, 0.6) is 11.5 Å². The Bertz CT molecular complexity index is 632. The Morgan fingerprint density at radius 2 is 2.00 bits per heavy atom. The second-order valence-corrected chi connectivity index (χ2v) is 6.56. The minimum Gasteiger partial charge on any atom is -0.493 e. The number of benzene rings is 1. The minimum absolute atomic E-state index is 0.0191. The van der Waals surface area contributed by atoms with E-state index in [-0.39, 0.29) is 18.4 Å². The maximum absolute atomic E-state index is 12.6. The van der Waals surface area contributed by atoms with Gasteiger partial charge >= 0.3 is 0 Å². The van der Waals surface area contributed by atoms with Crippen LogP contribution in [0.3, 0.4) is 0 Å². The van der Waals surface area contributed by atoms with Gasteiger partial charge in [-0.2, -0.15) is 0 Å². The molecule has 1 aliphatic rings. The fourth-order valence-corrected chi connectivity index (χ4v) is 3.33. The number of nitrogens with zero attached hydrogens (tertiary/aromatic N) is 1. The molecule has 1 heterocycles. The van der Waals surface area contributed by atoms with Gasteiger partial charge in [0.1, 0.15) is 0 Å². The molecule has 0 saturated heterocycles. The van der Waals surface area contributed by atoms with Crippen LogP contribution in [0.15, 0.2) is 24.3 Å². The lowest BCUT2D eigenvalue weighted by atomic mass is 9.86. The van der Waals surface area contributed by atoms with Gasteiger partial charge in [-0.15, -0.1) is 0 Å². The van der Waals surface area contributed by atoms with E-state index < -0.39 is 0 Å². The highest BCUT2D eigenvalue weighted by molar-refractivity contribution is 6.05. The standard InChI is InChI=1S/C19H28BNO4/c1-13(6-4-5-9-22)17(23)12-16-15-11-19(25-3)18(24-2)10-14(15)7-8-21(16)20/h10-11,16,22H,1,4-9,12,20H2,2-3H3/t16-/m1/s1. The SMILES string of the molecule is BN1CCc2cc(OC)c(OC)cc2[C@H]1CC(=O)C(=C)CCCCO. The third-order valence-corrected chi connectivity index (χ3v) is 4.93. The molecule has 1 aliphatic heterocycles. The Labute approximate surface area is 151 Å². The summed E-state index contributed by atoms with van der Waals surface area (Å²) in [7, 11) is 5.31. The lowest BCUT2D eigenvalue weighted by molar-refractivity contribution is -0.116. The molecule has 0 unspecified atom stereocenters. The van der Waals surface area contributed by atoms with Gasteiger partial charge in [0.25, 0.3) is 0 Å². The van der Waals surface area contributed by atoms with Gasteiger partial charge in [-0.1, -0.05) is 6.58 Å². The topological polar surface area (TPSA) is 59.0 Å². The van der Waals surface area contributed by atoms with Crippen LogP contribution in [0.2, 0.25) is 0 Å². The molecule has 0 aromatic heterocycles. The zero-order valence-electron chi connectivity index (χ0n) is 15.5. The molecule has 1 aromatic rings. The highest BCUT2D eigenvalue weighted by Gasteiger charge is 2.28. The van der Waals surface area contributed by atoms with Crippen molar-refractivity contribution in [3.05, 3.63) is 35.4 Å². The largest absolute Gasteiger partial charge is 0.493 e. The average Bonchev–Trinajstić information content (AvgIpc) is 2.62. The predicted octanol–water partition coefficient (Wildman–Crippen LogP) is 1.83. The number of carbonyl (C=O) groups is 1. The fourth-order valence-electron chi connectivity index (χ4n) is 3.33. The van der Waals surface area contributed by atoms with Gasteiger partial charge in [-0.05, 0) is 61.1 Å². The van der Waals surface area contributed by atoms with Crippen molar-refractivity contribution in [3.63, 3.8) is 0 Å². The lowest BCUT2D eigenvalue weighted by Gasteiger charge is -2.35. The van der Waals surface area contributed by atoms with Crippen LogP contribution in [0.25, 0.3) is 0 Å². The molecule has 5 nitrogen and oxygen atoms in total. The average molecular weight is 345 g/mol. The number of fused-ring (bicyclic) bond motifs is 1. The van der Waals surface area contributed by atoms with E-state index in [1.165, 1.54) is 5.56 Å². The van der Waals surface area contributed by atoms with E-state index >= 15 is 0 Å². The lowest BCUT2D eigenvalue weighted by Crippen LogP contribution is -2.35. The Hall–Kier alpha value is -1.79. The first-order valence-electron chi connectivity index (χ1n) is 8.78. The summed E-state index contributed by atoms with van der Waals surface area (Å²) in [6.45, 7) is 4.99. The first kappa shape index (κ1) is 19.5. The molecule has 0 spiro atoms. The number of aliphatic hydroxyl groups is 1. The summed E-state index contributed by atoms with van der Waals surface area (Å²) < 4.78 is 10.8. The Morgan fingerprint density at radius 3 is 2.64 bits per heavy atom. The van der Waals surface area contributed by atoms with Crippen molar-refractivity contribution in [1.82, 2.24) is 4.81 Å². The van der Waals surface area contributed by atoms with Gasteiger partial charge < -0.3 is 19.4 Å². The molecule has 1 atom stereocenters. The number of carbonyl (C=O) groups excluding carboxylic acids is 1. The number of methoxy groups -OCH3 is 2. The maximum Gasteiger partial charge on any atom is 0.186 e. The van der Waals surface area contributed by atoms with Crippen molar-refractivity contribution < 1.29 is 19.4 Å². The molecule has 1 aromatic carbocycles. The highest BCUT2D eigenvalue weighted by Crippen LogP contribution is 2.39. The maximum atomic E-state index is 12.6. The van der Waals surface area contributed by atoms with Gasteiger partial charge in [-0.3, -0.25) is 4.79 Å². The molecule has 25 heavy (non-hydrogen) atoms. The van der Waals surface area contributed by atoms with Gasteiger partial charge in [0.05, 0.1) is 14.2 Å². The first-order chi connectivity index (χ1) is 12.0. The monoisotopic (exact) mass is 345 g/mol. The van der Waals surface area contributed by atoms with Crippen LogP contribution in [0, 0.1) is 0 Å². The summed E-state index contributed by atoms with van der Waals surface area (Å²) in [5.74, 6) is 1.51. The summed E-state index contributed by atoms with van der Waals surface area (Å²) in [5.41, 5.74) is 2.98. The van der Waals surface area contributed by atoms with E-state index in [4.69, 9.17) is 14.6 Å². The number of hydrogen-bond donors (Lipinski definition) is 1. The zero-order chi connectivity index (χ0) is 18.4. The molecule has 136 valence electrons. The Kier molecular flexibility index (Phi) is 7.08. The van der Waals surface area contributed by atoms with Crippen LogP contribution in [-0.2, 0) is 11.2 Å². The summed E-state index contributed by atoms with van der Waals surface area (Å²) in [6.07, 6.45) is 3.48. The molecule has 6 heteroatoms. The molecule has 0 radical (unpaired) electrons. The molecule has 0 amide bonds. The van der Waals surface area contributed by atoms with Gasteiger partial charge in [0, 0.05) is 19.1 Å². The smallest absolute Gasteiger partial charge is 0.186 e. The highest BCUT2D eigenvalue weighted by atomic mass is 16.5. The number of hydrogen-bond acceptors (Lipinski definition) is 5. The zero-order valence-corrected chi connectivity index (χ0v) is 15.5.